The van der Waals surface area contributed by atoms with Gasteiger partial charge in [-0.3, -0.25) is 9.59 Å². The Kier molecular flexibility index (Phi) is 8.05. The first-order valence-corrected chi connectivity index (χ1v) is 9.56. The van der Waals surface area contributed by atoms with Crippen LogP contribution in [0.2, 0.25) is 0 Å². The first-order chi connectivity index (χ1) is 11.7. The maximum atomic E-state index is 12.7. The van der Waals surface area contributed by atoms with Gasteiger partial charge < -0.3 is 9.64 Å². The predicted octanol–water partition coefficient (Wildman–Crippen LogP) is 1.74. The molecule has 0 radical (unpaired) electrons. The third-order valence-corrected chi connectivity index (χ3v) is 5.59. The molecule has 0 aliphatic heterocycles. The Morgan fingerprint density at radius 1 is 1.08 bits per heavy atom. The molecule has 1 aromatic rings. The third-order valence-electron chi connectivity index (χ3n) is 3.76. The number of unbranched alkanes of at least 4 members (excludes halogenated alkanes) is 1. The van der Waals surface area contributed by atoms with E-state index in [4.69, 9.17) is 0 Å². The van der Waals surface area contributed by atoms with E-state index in [2.05, 4.69) is 4.74 Å². The van der Waals surface area contributed by atoms with E-state index in [1.807, 2.05) is 6.92 Å². The van der Waals surface area contributed by atoms with Crippen molar-refractivity contribution in [2.45, 2.75) is 31.1 Å². The van der Waals surface area contributed by atoms with Crippen LogP contribution in [0.25, 0.3) is 0 Å². The molecule has 0 saturated heterocycles. The van der Waals surface area contributed by atoms with Crippen molar-refractivity contribution in [2.75, 3.05) is 34.3 Å². The molecule has 0 aliphatic carbocycles. The minimum absolute atomic E-state index is 0.124. The fraction of sp³-hybridized carbons (Fsp3) is 0.529. The van der Waals surface area contributed by atoms with Crippen LogP contribution in [0.5, 0.6) is 0 Å². The van der Waals surface area contributed by atoms with E-state index >= 15 is 0 Å². The lowest BCUT2D eigenvalue weighted by Crippen LogP contribution is -2.34. The monoisotopic (exact) mass is 370 g/mol. The van der Waals surface area contributed by atoms with Crippen LogP contribution in [0.3, 0.4) is 0 Å². The highest BCUT2D eigenvalue weighted by molar-refractivity contribution is 7.89. The maximum absolute atomic E-state index is 12.7. The van der Waals surface area contributed by atoms with Gasteiger partial charge in [-0.15, -0.1) is 0 Å². The molecule has 0 atom stereocenters. The molecule has 0 aliphatic rings. The Bertz CT molecular complexity index is 683. The van der Waals surface area contributed by atoms with E-state index in [-0.39, 0.29) is 29.7 Å². The predicted molar refractivity (Wildman–Crippen MR) is 94.8 cm³/mol. The first-order valence-electron chi connectivity index (χ1n) is 8.12. The minimum atomic E-state index is -3.53. The highest BCUT2D eigenvalue weighted by atomic mass is 32.2. The van der Waals surface area contributed by atoms with Crippen molar-refractivity contribution < 1.29 is 22.7 Å². The minimum Gasteiger partial charge on any atom is -0.469 e. The molecule has 1 rings (SSSR count). The molecule has 8 heteroatoms. The van der Waals surface area contributed by atoms with Crippen LogP contribution >= 0.6 is 0 Å². The van der Waals surface area contributed by atoms with Gasteiger partial charge in [0, 0.05) is 32.7 Å². The summed E-state index contributed by atoms with van der Waals surface area (Å²) < 4.78 is 29.9. The number of sulfonamides is 1. The smallest absolute Gasteiger partial charge is 0.307 e. The number of nitrogens with zero attached hydrogens (tertiary/aromatic N) is 2. The zero-order valence-corrected chi connectivity index (χ0v) is 16.0. The average molecular weight is 370 g/mol. The molecule has 0 saturated carbocycles. The number of benzene rings is 1. The molecule has 0 spiro atoms. The number of carbonyl (C=O) groups is 2. The van der Waals surface area contributed by atoms with Crippen LogP contribution in [0.1, 0.15) is 36.5 Å². The van der Waals surface area contributed by atoms with Gasteiger partial charge in [0.05, 0.1) is 18.4 Å². The van der Waals surface area contributed by atoms with Crippen LogP contribution in [-0.2, 0) is 19.6 Å². The van der Waals surface area contributed by atoms with Gasteiger partial charge in [-0.25, -0.2) is 12.7 Å². The topological polar surface area (TPSA) is 84.0 Å². The second-order valence-electron chi connectivity index (χ2n) is 5.78. The Morgan fingerprint density at radius 3 is 2.16 bits per heavy atom. The highest BCUT2D eigenvalue weighted by Crippen LogP contribution is 2.15. The summed E-state index contributed by atoms with van der Waals surface area (Å²) in [6.07, 6.45) is 1.86. The lowest BCUT2D eigenvalue weighted by molar-refractivity contribution is -0.140. The fourth-order valence-electron chi connectivity index (χ4n) is 2.16. The Labute approximate surface area is 149 Å². The second-order valence-corrected chi connectivity index (χ2v) is 7.94. The van der Waals surface area contributed by atoms with Gasteiger partial charge in [-0.2, -0.15) is 0 Å². The summed E-state index contributed by atoms with van der Waals surface area (Å²) >= 11 is 0. The fourth-order valence-corrected chi connectivity index (χ4v) is 3.06. The second kappa shape index (κ2) is 9.53. The number of carbonyl (C=O) groups excluding carboxylic acids is 2. The van der Waals surface area contributed by atoms with E-state index in [9.17, 15) is 18.0 Å². The van der Waals surface area contributed by atoms with Gasteiger partial charge in [-0.1, -0.05) is 13.3 Å². The standard InChI is InChI=1S/C17H26N2O5S/c1-5-6-12-19(13-11-16(20)24-4)17(21)14-7-9-15(10-8-14)25(22,23)18(2)3/h7-10H,5-6,11-13H2,1-4H3. The van der Waals surface area contributed by atoms with Gasteiger partial charge in [0.15, 0.2) is 0 Å². The molecule has 0 unspecified atom stereocenters. The van der Waals surface area contributed by atoms with Crippen molar-refractivity contribution in [1.82, 2.24) is 9.21 Å². The number of hydrogen-bond acceptors (Lipinski definition) is 5. The average Bonchev–Trinajstić information content (AvgIpc) is 2.60. The van der Waals surface area contributed by atoms with Crippen LogP contribution in [0, 0.1) is 0 Å². The van der Waals surface area contributed by atoms with Crippen molar-refractivity contribution >= 4 is 21.9 Å². The Hall–Kier alpha value is -1.93. The van der Waals surface area contributed by atoms with Crippen molar-refractivity contribution in [3.8, 4) is 0 Å². The Morgan fingerprint density at radius 2 is 1.68 bits per heavy atom. The van der Waals surface area contributed by atoms with E-state index in [0.717, 1.165) is 17.1 Å². The molecular formula is C17H26N2O5S. The van der Waals surface area contributed by atoms with Crippen LogP contribution in [0.4, 0.5) is 0 Å². The normalized spacial score (nSPS) is 11.4. The zero-order chi connectivity index (χ0) is 19.0. The van der Waals surface area contributed by atoms with E-state index in [1.165, 1.54) is 45.5 Å². The van der Waals surface area contributed by atoms with Crippen molar-refractivity contribution in [3.63, 3.8) is 0 Å². The maximum Gasteiger partial charge on any atom is 0.307 e. The molecule has 0 bridgehead atoms. The number of amides is 1. The lowest BCUT2D eigenvalue weighted by Gasteiger charge is -2.22. The molecule has 0 heterocycles. The van der Waals surface area contributed by atoms with Crippen LogP contribution < -0.4 is 0 Å². The molecule has 0 N–H and O–H groups in total. The highest BCUT2D eigenvalue weighted by Gasteiger charge is 2.20. The summed E-state index contributed by atoms with van der Waals surface area (Å²) in [5.74, 6) is -0.604. The number of esters is 1. The van der Waals surface area contributed by atoms with E-state index in [1.54, 1.807) is 4.90 Å². The van der Waals surface area contributed by atoms with Crippen LogP contribution in [0.15, 0.2) is 29.2 Å². The van der Waals surface area contributed by atoms with E-state index < -0.39 is 10.0 Å². The lowest BCUT2D eigenvalue weighted by atomic mass is 10.2. The van der Waals surface area contributed by atoms with Crippen molar-refractivity contribution in [2.24, 2.45) is 0 Å². The zero-order valence-electron chi connectivity index (χ0n) is 15.2. The molecular weight excluding hydrogens is 344 g/mol. The first kappa shape index (κ1) is 21.1. The van der Waals surface area contributed by atoms with Gasteiger partial charge >= 0.3 is 5.97 Å². The van der Waals surface area contributed by atoms with Gasteiger partial charge in [0.1, 0.15) is 0 Å². The van der Waals surface area contributed by atoms with Crippen molar-refractivity contribution in [3.05, 3.63) is 29.8 Å². The molecule has 25 heavy (non-hydrogen) atoms. The SMILES string of the molecule is CCCCN(CCC(=O)OC)C(=O)c1ccc(S(=O)(=O)N(C)C)cc1. The number of hydrogen-bond donors (Lipinski definition) is 0. The van der Waals surface area contributed by atoms with Gasteiger partial charge in [0.25, 0.3) is 5.91 Å². The summed E-state index contributed by atoms with van der Waals surface area (Å²) in [5, 5.41) is 0. The molecule has 0 fully saturated rings. The summed E-state index contributed by atoms with van der Waals surface area (Å²) in [5.41, 5.74) is 0.388. The van der Waals surface area contributed by atoms with Gasteiger partial charge in [0.2, 0.25) is 10.0 Å². The molecule has 7 nitrogen and oxygen atoms in total. The van der Waals surface area contributed by atoms with Crippen molar-refractivity contribution in [1.29, 1.82) is 0 Å². The largest absolute Gasteiger partial charge is 0.469 e. The third kappa shape index (κ3) is 5.82. The number of methoxy groups -OCH3 is 1. The van der Waals surface area contributed by atoms with E-state index in [0.29, 0.717) is 12.1 Å². The molecule has 140 valence electrons. The number of ether oxygens (including phenoxy) is 1. The number of rotatable bonds is 9. The quantitative estimate of drug-likeness (QED) is 0.618. The molecule has 1 aromatic carbocycles. The summed E-state index contributed by atoms with van der Waals surface area (Å²) in [7, 11) is 0.683. The van der Waals surface area contributed by atoms with Crippen LogP contribution in [-0.4, -0.2) is 63.8 Å². The van der Waals surface area contributed by atoms with Gasteiger partial charge in [-0.05, 0) is 30.7 Å². The molecule has 1 amide bonds. The Balaban J connectivity index is 2.94. The summed E-state index contributed by atoms with van der Waals surface area (Å²) in [6, 6.07) is 5.83. The molecule has 0 aromatic heterocycles. The summed E-state index contributed by atoms with van der Waals surface area (Å²) in [4.78, 5) is 25.7. The summed E-state index contributed by atoms with van der Waals surface area (Å²) in [6.45, 7) is 2.82.